The zero-order valence-electron chi connectivity index (χ0n) is 7.74. The molecule has 2 rings (SSSR count). The Morgan fingerprint density at radius 3 is 2.57 bits per heavy atom. The SMILES string of the molecule is ClCCc1ccsc1-c1ccccc1. The molecular formula is C12H11ClS. The van der Waals surface area contributed by atoms with Crippen molar-refractivity contribution in [1.29, 1.82) is 0 Å². The van der Waals surface area contributed by atoms with Gasteiger partial charge >= 0.3 is 0 Å². The summed E-state index contributed by atoms with van der Waals surface area (Å²) < 4.78 is 0. The molecule has 0 atom stereocenters. The van der Waals surface area contributed by atoms with E-state index in [1.807, 2.05) is 6.07 Å². The summed E-state index contributed by atoms with van der Waals surface area (Å²) >= 11 is 7.54. The molecule has 0 saturated carbocycles. The minimum Gasteiger partial charge on any atom is -0.144 e. The third-order valence-corrected chi connectivity index (χ3v) is 3.34. The average Bonchev–Trinajstić information content (AvgIpc) is 2.68. The number of hydrogen-bond donors (Lipinski definition) is 0. The van der Waals surface area contributed by atoms with Crippen LogP contribution >= 0.6 is 22.9 Å². The Morgan fingerprint density at radius 2 is 1.86 bits per heavy atom. The molecule has 0 nitrogen and oxygen atoms in total. The Hall–Kier alpha value is -0.790. The summed E-state index contributed by atoms with van der Waals surface area (Å²) in [6.07, 6.45) is 0.954. The third kappa shape index (κ3) is 1.99. The highest BCUT2D eigenvalue weighted by Crippen LogP contribution is 2.29. The minimum atomic E-state index is 0.691. The quantitative estimate of drug-likeness (QED) is 0.683. The second-order valence-electron chi connectivity index (χ2n) is 3.08. The van der Waals surface area contributed by atoms with Gasteiger partial charge in [0.05, 0.1) is 0 Å². The highest BCUT2D eigenvalue weighted by molar-refractivity contribution is 7.13. The fraction of sp³-hybridized carbons (Fsp3) is 0.167. The van der Waals surface area contributed by atoms with Crippen LogP contribution in [0.3, 0.4) is 0 Å². The van der Waals surface area contributed by atoms with E-state index in [1.165, 1.54) is 16.0 Å². The lowest BCUT2D eigenvalue weighted by Gasteiger charge is -2.01. The number of benzene rings is 1. The number of halogens is 1. The van der Waals surface area contributed by atoms with Crippen molar-refractivity contribution in [3.8, 4) is 10.4 Å². The highest BCUT2D eigenvalue weighted by Gasteiger charge is 2.04. The van der Waals surface area contributed by atoms with Crippen molar-refractivity contribution in [2.75, 3.05) is 5.88 Å². The third-order valence-electron chi connectivity index (χ3n) is 2.15. The fourth-order valence-corrected chi connectivity index (χ4v) is 2.64. The van der Waals surface area contributed by atoms with Crippen molar-refractivity contribution in [2.45, 2.75) is 6.42 Å². The van der Waals surface area contributed by atoms with Gasteiger partial charge in [0.25, 0.3) is 0 Å². The summed E-state index contributed by atoms with van der Waals surface area (Å²) in [6.45, 7) is 0. The standard InChI is InChI=1S/C12H11ClS/c13-8-6-11-7-9-14-12(11)10-4-2-1-3-5-10/h1-5,7,9H,6,8H2. The molecule has 0 radical (unpaired) electrons. The predicted octanol–water partition coefficient (Wildman–Crippen LogP) is 4.20. The first-order valence-corrected chi connectivity index (χ1v) is 6.01. The van der Waals surface area contributed by atoms with Crippen LogP contribution in [-0.4, -0.2) is 5.88 Å². The molecule has 0 aliphatic rings. The second-order valence-corrected chi connectivity index (χ2v) is 4.37. The predicted molar refractivity (Wildman–Crippen MR) is 64.2 cm³/mol. The Morgan fingerprint density at radius 1 is 1.07 bits per heavy atom. The zero-order chi connectivity index (χ0) is 9.80. The van der Waals surface area contributed by atoms with Gasteiger partial charge in [0, 0.05) is 10.8 Å². The van der Waals surface area contributed by atoms with Gasteiger partial charge in [0.1, 0.15) is 0 Å². The van der Waals surface area contributed by atoms with E-state index in [4.69, 9.17) is 11.6 Å². The molecule has 14 heavy (non-hydrogen) atoms. The van der Waals surface area contributed by atoms with Crippen LogP contribution in [0.4, 0.5) is 0 Å². The summed E-state index contributed by atoms with van der Waals surface area (Å²) in [5.74, 6) is 0.691. The second kappa shape index (κ2) is 4.63. The van der Waals surface area contributed by atoms with Gasteiger partial charge in [0.2, 0.25) is 0 Å². The van der Waals surface area contributed by atoms with Crippen LogP contribution in [-0.2, 0) is 6.42 Å². The van der Waals surface area contributed by atoms with Gasteiger partial charge in [0.15, 0.2) is 0 Å². The van der Waals surface area contributed by atoms with Gasteiger partial charge in [-0.15, -0.1) is 22.9 Å². The van der Waals surface area contributed by atoms with Crippen LogP contribution in [0.25, 0.3) is 10.4 Å². The Bertz CT molecular complexity index is 392. The Kier molecular flexibility index (Phi) is 3.22. The smallest absolute Gasteiger partial charge is 0.0375 e. The normalized spacial score (nSPS) is 10.4. The Labute approximate surface area is 93.2 Å². The first-order valence-electron chi connectivity index (χ1n) is 4.59. The number of rotatable bonds is 3. The van der Waals surface area contributed by atoms with Crippen molar-refractivity contribution in [1.82, 2.24) is 0 Å². The van der Waals surface area contributed by atoms with Crippen LogP contribution in [0.2, 0.25) is 0 Å². The fourth-order valence-electron chi connectivity index (χ4n) is 1.48. The average molecular weight is 223 g/mol. The molecule has 0 fully saturated rings. The van der Waals surface area contributed by atoms with Crippen LogP contribution in [0, 0.1) is 0 Å². The lowest BCUT2D eigenvalue weighted by atomic mass is 10.1. The summed E-state index contributed by atoms with van der Waals surface area (Å²) in [5, 5.41) is 2.13. The van der Waals surface area contributed by atoms with Gasteiger partial charge in [-0.3, -0.25) is 0 Å². The molecule has 0 aliphatic carbocycles. The summed E-state index contributed by atoms with van der Waals surface area (Å²) in [5.41, 5.74) is 2.65. The number of hydrogen-bond acceptors (Lipinski definition) is 1. The van der Waals surface area contributed by atoms with Crippen LogP contribution in [0.1, 0.15) is 5.56 Å². The van der Waals surface area contributed by atoms with Crippen molar-refractivity contribution in [3.05, 3.63) is 47.3 Å². The first-order chi connectivity index (χ1) is 6.92. The lowest BCUT2D eigenvalue weighted by molar-refractivity contribution is 1.17. The van der Waals surface area contributed by atoms with Gasteiger partial charge in [-0.05, 0) is 29.0 Å². The van der Waals surface area contributed by atoms with E-state index < -0.39 is 0 Å². The molecule has 0 unspecified atom stereocenters. The van der Waals surface area contributed by atoms with Gasteiger partial charge in [-0.2, -0.15) is 0 Å². The van der Waals surface area contributed by atoms with Crippen LogP contribution in [0.15, 0.2) is 41.8 Å². The summed E-state index contributed by atoms with van der Waals surface area (Å²) in [7, 11) is 0. The number of aryl methyl sites for hydroxylation is 1. The first kappa shape index (κ1) is 9.75. The molecule has 72 valence electrons. The molecule has 0 aliphatic heterocycles. The molecule has 0 spiro atoms. The summed E-state index contributed by atoms with van der Waals surface area (Å²) in [6, 6.07) is 12.6. The molecule has 0 N–H and O–H groups in total. The largest absolute Gasteiger partial charge is 0.144 e. The molecular weight excluding hydrogens is 212 g/mol. The van der Waals surface area contributed by atoms with Crippen LogP contribution < -0.4 is 0 Å². The van der Waals surface area contributed by atoms with E-state index in [0.717, 1.165) is 6.42 Å². The maximum atomic E-state index is 5.76. The number of alkyl halides is 1. The van der Waals surface area contributed by atoms with Crippen molar-refractivity contribution < 1.29 is 0 Å². The van der Waals surface area contributed by atoms with Crippen molar-refractivity contribution in [3.63, 3.8) is 0 Å². The molecule has 1 aromatic heterocycles. The maximum Gasteiger partial charge on any atom is 0.0375 e. The van der Waals surface area contributed by atoms with E-state index in [9.17, 15) is 0 Å². The minimum absolute atomic E-state index is 0.691. The molecule has 1 heterocycles. The highest BCUT2D eigenvalue weighted by atomic mass is 35.5. The van der Waals surface area contributed by atoms with E-state index in [0.29, 0.717) is 5.88 Å². The monoisotopic (exact) mass is 222 g/mol. The molecule has 2 aromatic rings. The summed E-state index contributed by atoms with van der Waals surface area (Å²) in [4.78, 5) is 1.35. The van der Waals surface area contributed by atoms with Gasteiger partial charge < -0.3 is 0 Å². The van der Waals surface area contributed by atoms with E-state index >= 15 is 0 Å². The van der Waals surface area contributed by atoms with Crippen molar-refractivity contribution in [2.24, 2.45) is 0 Å². The van der Waals surface area contributed by atoms with E-state index in [2.05, 4.69) is 35.7 Å². The van der Waals surface area contributed by atoms with Gasteiger partial charge in [-0.1, -0.05) is 30.3 Å². The van der Waals surface area contributed by atoms with E-state index in [1.54, 1.807) is 11.3 Å². The zero-order valence-corrected chi connectivity index (χ0v) is 9.31. The van der Waals surface area contributed by atoms with Crippen molar-refractivity contribution >= 4 is 22.9 Å². The number of thiophene rings is 1. The molecule has 1 aromatic carbocycles. The lowest BCUT2D eigenvalue weighted by Crippen LogP contribution is -1.85. The van der Waals surface area contributed by atoms with Crippen LogP contribution in [0.5, 0.6) is 0 Å². The molecule has 0 amide bonds. The van der Waals surface area contributed by atoms with Gasteiger partial charge in [-0.25, -0.2) is 0 Å². The van der Waals surface area contributed by atoms with E-state index in [-0.39, 0.29) is 0 Å². The molecule has 0 saturated heterocycles. The maximum absolute atomic E-state index is 5.76. The topological polar surface area (TPSA) is 0 Å². The molecule has 0 bridgehead atoms. The molecule has 2 heteroatoms. The Balaban J connectivity index is 2.37.